The largest absolute Gasteiger partial charge is 0.464 e. The first-order valence-electron chi connectivity index (χ1n) is 7.12. The quantitative estimate of drug-likeness (QED) is 0.620. The van der Waals surface area contributed by atoms with Crippen LogP contribution in [0.15, 0.2) is 35.2 Å². The number of ether oxygens (including phenoxy) is 1. The highest BCUT2D eigenvalue weighted by molar-refractivity contribution is 8.13. The number of benzene rings is 1. The molecule has 21 heavy (non-hydrogen) atoms. The zero-order chi connectivity index (χ0) is 15.8. The number of esters is 1. The second-order valence-corrected chi connectivity index (χ2v) is 5.92. The fourth-order valence-corrected chi connectivity index (χ4v) is 3.00. The molecule has 0 bridgehead atoms. The molecule has 1 N–H and O–H groups in total. The van der Waals surface area contributed by atoms with Crippen LogP contribution in [-0.2, 0) is 14.3 Å². The van der Waals surface area contributed by atoms with E-state index in [2.05, 4.69) is 0 Å². The van der Waals surface area contributed by atoms with Gasteiger partial charge in [0.2, 0.25) is 0 Å². The Balaban J connectivity index is 2.86. The molecule has 0 aliphatic rings. The molecule has 0 aliphatic heterocycles. The van der Waals surface area contributed by atoms with Crippen LogP contribution in [0.3, 0.4) is 0 Å². The van der Waals surface area contributed by atoms with E-state index in [1.54, 1.807) is 6.92 Å². The zero-order valence-electron chi connectivity index (χ0n) is 12.6. The van der Waals surface area contributed by atoms with E-state index in [-0.39, 0.29) is 17.6 Å². The van der Waals surface area contributed by atoms with Crippen molar-refractivity contribution in [2.75, 3.05) is 6.61 Å². The summed E-state index contributed by atoms with van der Waals surface area (Å²) in [5, 5.41) is 9.94. The van der Waals surface area contributed by atoms with E-state index in [0.717, 1.165) is 16.7 Å². The zero-order valence-corrected chi connectivity index (χ0v) is 13.4. The number of aliphatic hydroxyl groups excluding tert-OH is 1. The van der Waals surface area contributed by atoms with Crippen molar-refractivity contribution in [3.05, 3.63) is 30.3 Å². The van der Waals surface area contributed by atoms with Crippen LogP contribution >= 0.6 is 11.8 Å². The maximum atomic E-state index is 12.5. The molecule has 0 saturated carbocycles. The van der Waals surface area contributed by atoms with E-state index < -0.39 is 18.0 Å². The number of hydrogen-bond acceptors (Lipinski definition) is 5. The number of hydrogen-bond donors (Lipinski definition) is 1. The molecule has 0 radical (unpaired) electrons. The van der Waals surface area contributed by atoms with Crippen molar-refractivity contribution in [1.82, 2.24) is 0 Å². The molecule has 0 saturated heterocycles. The molecule has 116 valence electrons. The van der Waals surface area contributed by atoms with Crippen LogP contribution in [0.25, 0.3) is 0 Å². The molecule has 3 atom stereocenters. The number of thioether (sulfide) groups is 1. The normalized spacial score (nSPS) is 15.0. The molecule has 1 aromatic rings. The average molecular weight is 310 g/mol. The van der Waals surface area contributed by atoms with Crippen LogP contribution in [0.2, 0.25) is 0 Å². The first-order chi connectivity index (χ1) is 10.0. The van der Waals surface area contributed by atoms with E-state index in [1.807, 2.05) is 44.2 Å². The third-order valence-electron chi connectivity index (χ3n) is 3.36. The first-order valence-corrected chi connectivity index (χ1v) is 7.94. The summed E-state index contributed by atoms with van der Waals surface area (Å²) in [5.74, 6) is -1.60. The van der Waals surface area contributed by atoms with E-state index in [4.69, 9.17) is 4.74 Å². The Bertz CT molecular complexity index is 461. The maximum Gasteiger partial charge on any atom is 0.335 e. The van der Waals surface area contributed by atoms with Gasteiger partial charge in [0.1, 0.15) is 0 Å². The van der Waals surface area contributed by atoms with Crippen LogP contribution in [-0.4, -0.2) is 28.9 Å². The van der Waals surface area contributed by atoms with Gasteiger partial charge in [-0.3, -0.25) is 4.79 Å². The van der Waals surface area contributed by atoms with Crippen molar-refractivity contribution in [3.63, 3.8) is 0 Å². The molecular formula is C16H22O4S. The Morgan fingerprint density at radius 2 is 1.86 bits per heavy atom. The molecule has 0 heterocycles. The van der Waals surface area contributed by atoms with Gasteiger partial charge in [-0.15, -0.1) is 0 Å². The van der Waals surface area contributed by atoms with Gasteiger partial charge in [0.25, 0.3) is 0 Å². The molecule has 1 unspecified atom stereocenters. The van der Waals surface area contributed by atoms with Crippen LogP contribution in [0.4, 0.5) is 0 Å². The minimum absolute atomic E-state index is 0.104. The Hall–Kier alpha value is -1.33. The molecule has 0 fully saturated rings. The molecule has 0 aromatic heterocycles. The van der Waals surface area contributed by atoms with Crippen molar-refractivity contribution in [2.24, 2.45) is 11.8 Å². The van der Waals surface area contributed by atoms with Gasteiger partial charge < -0.3 is 9.84 Å². The fourth-order valence-electron chi connectivity index (χ4n) is 1.97. The number of carbonyl (C=O) groups excluding carboxylic acids is 2. The third kappa shape index (κ3) is 5.17. The summed E-state index contributed by atoms with van der Waals surface area (Å²) in [6, 6.07) is 9.21. The summed E-state index contributed by atoms with van der Waals surface area (Å²) in [6.07, 6.45) is -0.717. The Kier molecular flexibility index (Phi) is 7.47. The lowest BCUT2D eigenvalue weighted by atomic mass is 9.88. The van der Waals surface area contributed by atoms with Crippen molar-refractivity contribution in [1.29, 1.82) is 0 Å². The maximum absolute atomic E-state index is 12.5. The SMILES string of the molecule is CCOC(=O)[C@H](O)C(C(=O)Sc1ccccc1)[C@@H](C)CC. The number of aliphatic hydroxyl groups is 1. The predicted molar refractivity (Wildman–Crippen MR) is 82.9 cm³/mol. The van der Waals surface area contributed by atoms with E-state index in [1.165, 1.54) is 0 Å². The lowest BCUT2D eigenvalue weighted by Gasteiger charge is -2.25. The summed E-state index contributed by atoms with van der Waals surface area (Å²) in [6.45, 7) is 5.64. The van der Waals surface area contributed by atoms with Crippen LogP contribution in [0, 0.1) is 11.8 Å². The minimum Gasteiger partial charge on any atom is -0.464 e. The molecule has 1 aromatic carbocycles. The lowest BCUT2D eigenvalue weighted by molar-refractivity contribution is -0.158. The smallest absolute Gasteiger partial charge is 0.335 e. The van der Waals surface area contributed by atoms with E-state index in [0.29, 0.717) is 6.42 Å². The van der Waals surface area contributed by atoms with Gasteiger partial charge in [-0.25, -0.2) is 4.79 Å². The monoisotopic (exact) mass is 310 g/mol. The minimum atomic E-state index is -1.41. The van der Waals surface area contributed by atoms with Gasteiger partial charge in [-0.1, -0.05) is 50.2 Å². The number of rotatable bonds is 7. The molecule has 0 spiro atoms. The van der Waals surface area contributed by atoms with Crippen molar-refractivity contribution in [3.8, 4) is 0 Å². The van der Waals surface area contributed by atoms with Crippen molar-refractivity contribution < 1.29 is 19.4 Å². The highest BCUT2D eigenvalue weighted by atomic mass is 32.2. The Morgan fingerprint density at radius 3 is 2.38 bits per heavy atom. The average Bonchev–Trinajstić information content (AvgIpc) is 2.48. The molecule has 4 nitrogen and oxygen atoms in total. The topological polar surface area (TPSA) is 63.6 Å². The second kappa shape index (κ2) is 8.85. The van der Waals surface area contributed by atoms with Gasteiger partial charge in [0, 0.05) is 4.90 Å². The standard InChI is InChI=1S/C16H22O4S/c1-4-11(3)13(14(17)15(18)20-5-2)16(19)21-12-9-7-6-8-10-12/h6-11,13-14,17H,4-5H2,1-3H3/t11-,13?,14+/m0/s1. The van der Waals surface area contributed by atoms with Crippen LogP contribution < -0.4 is 0 Å². The molecule has 0 amide bonds. The molecule has 0 aliphatic carbocycles. The van der Waals surface area contributed by atoms with Gasteiger partial charge in [-0.2, -0.15) is 0 Å². The summed E-state index contributed by atoms with van der Waals surface area (Å²) < 4.78 is 4.83. The second-order valence-electron chi connectivity index (χ2n) is 4.84. The summed E-state index contributed by atoms with van der Waals surface area (Å²) in [5.41, 5.74) is 0. The van der Waals surface area contributed by atoms with Crippen LogP contribution in [0.1, 0.15) is 27.2 Å². The highest BCUT2D eigenvalue weighted by Gasteiger charge is 2.36. The lowest BCUT2D eigenvalue weighted by Crippen LogP contribution is -2.39. The van der Waals surface area contributed by atoms with E-state index >= 15 is 0 Å². The van der Waals surface area contributed by atoms with Gasteiger partial charge >= 0.3 is 5.97 Å². The predicted octanol–water partition coefficient (Wildman–Crippen LogP) is 2.89. The third-order valence-corrected chi connectivity index (χ3v) is 4.34. The Labute approximate surface area is 129 Å². The fraction of sp³-hybridized carbons (Fsp3) is 0.500. The number of carbonyl (C=O) groups is 2. The summed E-state index contributed by atoms with van der Waals surface area (Å²) in [4.78, 5) is 25.0. The van der Waals surface area contributed by atoms with E-state index in [9.17, 15) is 14.7 Å². The molecule has 1 rings (SSSR count). The first kappa shape index (κ1) is 17.7. The Morgan fingerprint density at radius 1 is 1.24 bits per heavy atom. The molecular weight excluding hydrogens is 288 g/mol. The van der Waals surface area contributed by atoms with Gasteiger partial charge in [0.15, 0.2) is 11.2 Å². The van der Waals surface area contributed by atoms with Crippen LogP contribution in [0.5, 0.6) is 0 Å². The summed E-state index contributed by atoms with van der Waals surface area (Å²) in [7, 11) is 0. The highest BCUT2D eigenvalue weighted by Crippen LogP contribution is 2.30. The summed E-state index contributed by atoms with van der Waals surface area (Å²) >= 11 is 1.05. The van der Waals surface area contributed by atoms with Crippen molar-refractivity contribution >= 4 is 22.8 Å². The van der Waals surface area contributed by atoms with Gasteiger partial charge in [-0.05, 0) is 25.0 Å². The molecule has 5 heteroatoms. The van der Waals surface area contributed by atoms with Crippen molar-refractivity contribution in [2.45, 2.75) is 38.2 Å². The van der Waals surface area contributed by atoms with Gasteiger partial charge in [0.05, 0.1) is 12.5 Å².